The van der Waals surface area contributed by atoms with E-state index < -0.39 is 0 Å². The van der Waals surface area contributed by atoms with Crippen LogP contribution in [-0.2, 0) is 4.74 Å². The largest absolute Gasteiger partial charge is 0.380 e. The van der Waals surface area contributed by atoms with E-state index in [-0.39, 0.29) is 12.1 Å². The highest BCUT2D eigenvalue weighted by molar-refractivity contribution is 6.31. The lowest BCUT2D eigenvalue weighted by Gasteiger charge is -2.33. The van der Waals surface area contributed by atoms with E-state index in [1.165, 1.54) is 0 Å². The van der Waals surface area contributed by atoms with Crippen molar-refractivity contribution in [2.75, 3.05) is 26.3 Å². The third kappa shape index (κ3) is 3.23. The van der Waals surface area contributed by atoms with Crippen LogP contribution in [0.25, 0.3) is 0 Å². The monoisotopic (exact) mass is 268 g/mol. The number of rotatable bonds is 3. The first-order chi connectivity index (χ1) is 8.70. The molecule has 1 aromatic carbocycles. The summed E-state index contributed by atoms with van der Waals surface area (Å²) < 4.78 is 5.51. The van der Waals surface area contributed by atoms with Crippen LogP contribution in [0.4, 0.5) is 0 Å². The zero-order valence-corrected chi connectivity index (χ0v) is 11.6. The molecule has 2 rings (SSSR count). The van der Waals surface area contributed by atoms with Crippen LogP contribution < -0.4 is 5.73 Å². The van der Waals surface area contributed by atoms with Gasteiger partial charge in [-0.15, -0.1) is 0 Å². The third-order valence-corrected chi connectivity index (χ3v) is 3.72. The maximum atomic E-state index is 6.31. The molecule has 0 aliphatic carbocycles. The molecule has 1 heterocycles. The van der Waals surface area contributed by atoms with Gasteiger partial charge in [0.25, 0.3) is 0 Å². The van der Waals surface area contributed by atoms with E-state index in [0.29, 0.717) is 0 Å². The van der Waals surface area contributed by atoms with Crippen LogP contribution in [0.3, 0.4) is 0 Å². The van der Waals surface area contributed by atoms with Crippen LogP contribution >= 0.6 is 11.6 Å². The maximum Gasteiger partial charge on any atom is 0.0593 e. The molecule has 18 heavy (non-hydrogen) atoms. The average molecular weight is 269 g/mol. The Kier molecular flexibility index (Phi) is 5.01. The van der Waals surface area contributed by atoms with E-state index in [2.05, 4.69) is 11.0 Å². The fourth-order valence-electron chi connectivity index (χ4n) is 2.57. The Bertz CT molecular complexity index is 376. The molecular formula is C14H21ClN2O. The van der Waals surface area contributed by atoms with Gasteiger partial charge in [0.05, 0.1) is 12.6 Å². The molecule has 1 aliphatic heterocycles. The number of ether oxygens (including phenoxy) is 1. The predicted molar refractivity (Wildman–Crippen MR) is 74.9 cm³/mol. The molecule has 2 unspecified atom stereocenters. The van der Waals surface area contributed by atoms with Gasteiger partial charge < -0.3 is 10.5 Å². The summed E-state index contributed by atoms with van der Waals surface area (Å²) in [6.07, 6.45) is 1.05. The minimum absolute atomic E-state index is 0.0444. The van der Waals surface area contributed by atoms with Gasteiger partial charge in [-0.2, -0.15) is 0 Å². The van der Waals surface area contributed by atoms with Crippen molar-refractivity contribution in [2.24, 2.45) is 5.73 Å². The summed E-state index contributed by atoms with van der Waals surface area (Å²) in [6, 6.07) is 8.19. The quantitative estimate of drug-likeness (QED) is 0.915. The van der Waals surface area contributed by atoms with Crippen molar-refractivity contribution in [3.8, 4) is 0 Å². The van der Waals surface area contributed by atoms with Crippen LogP contribution in [0, 0.1) is 0 Å². The number of nitrogens with two attached hydrogens (primary N) is 1. The topological polar surface area (TPSA) is 38.5 Å². The minimum Gasteiger partial charge on any atom is -0.380 e. The maximum absolute atomic E-state index is 6.31. The Balaban J connectivity index is 2.24. The van der Waals surface area contributed by atoms with Crippen molar-refractivity contribution in [1.29, 1.82) is 0 Å². The molecule has 0 bridgehead atoms. The van der Waals surface area contributed by atoms with Crippen LogP contribution in [0.1, 0.15) is 24.9 Å². The molecule has 3 nitrogen and oxygen atoms in total. The Morgan fingerprint density at radius 1 is 1.28 bits per heavy atom. The molecule has 1 aromatic rings. The van der Waals surface area contributed by atoms with Gasteiger partial charge in [0, 0.05) is 30.8 Å². The molecular weight excluding hydrogens is 248 g/mol. The molecule has 0 spiro atoms. The smallest absolute Gasteiger partial charge is 0.0593 e. The van der Waals surface area contributed by atoms with Gasteiger partial charge in [0.1, 0.15) is 0 Å². The van der Waals surface area contributed by atoms with E-state index in [9.17, 15) is 0 Å². The summed E-state index contributed by atoms with van der Waals surface area (Å²) in [4.78, 5) is 2.39. The third-order valence-electron chi connectivity index (χ3n) is 3.37. The number of hydrogen-bond donors (Lipinski definition) is 1. The summed E-state index contributed by atoms with van der Waals surface area (Å²) in [7, 11) is 0. The van der Waals surface area contributed by atoms with Gasteiger partial charge in [-0.1, -0.05) is 29.8 Å². The number of halogens is 1. The van der Waals surface area contributed by atoms with Gasteiger partial charge in [-0.3, -0.25) is 4.90 Å². The van der Waals surface area contributed by atoms with Crippen molar-refractivity contribution in [3.05, 3.63) is 34.9 Å². The average Bonchev–Trinajstić information content (AvgIpc) is 2.60. The molecule has 2 N–H and O–H groups in total. The first kappa shape index (κ1) is 13.8. The molecule has 100 valence electrons. The zero-order valence-electron chi connectivity index (χ0n) is 10.8. The fourth-order valence-corrected chi connectivity index (χ4v) is 2.82. The predicted octanol–water partition coefficient (Wildman–Crippen LogP) is 2.45. The van der Waals surface area contributed by atoms with Crippen molar-refractivity contribution in [3.63, 3.8) is 0 Å². The number of benzene rings is 1. The summed E-state index contributed by atoms with van der Waals surface area (Å²) in [6.45, 7) is 5.58. The fraction of sp³-hybridized carbons (Fsp3) is 0.571. The number of nitrogens with zero attached hydrogens (tertiary/aromatic N) is 1. The highest BCUT2D eigenvalue weighted by Crippen LogP contribution is 2.30. The van der Waals surface area contributed by atoms with Gasteiger partial charge in [0.2, 0.25) is 0 Å². The first-order valence-electron chi connectivity index (χ1n) is 6.52. The van der Waals surface area contributed by atoms with Crippen LogP contribution in [0.15, 0.2) is 24.3 Å². The molecule has 1 aliphatic rings. The lowest BCUT2D eigenvalue weighted by molar-refractivity contribution is 0.127. The second-order valence-electron chi connectivity index (χ2n) is 4.83. The SMILES string of the molecule is CC(N)C(c1ccccc1Cl)N1CCCOCC1. The molecule has 2 atom stereocenters. The summed E-state index contributed by atoms with van der Waals surface area (Å²) >= 11 is 6.31. The van der Waals surface area contributed by atoms with E-state index in [1.54, 1.807) is 0 Å². The first-order valence-corrected chi connectivity index (χ1v) is 6.89. The molecule has 0 radical (unpaired) electrons. The summed E-state index contributed by atoms with van der Waals surface area (Å²) in [5, 5.41) is 0.796. The van der Waals surface area contributed by atoms with E-state index in [0.717, 1.165) is 43.3 Å². The molecule has 1 fully saturated rings. The highest BCUT2D eigenvalue weighted by atomic mass is 35.5. The van der Waals surface area contributed by atoms with Crippen molar-refractivity contribution in [2.45, 2.75) is 25.4 Å². The van der Waals surface area contributed by atoms with E-state index >= 15 is 0 Å². The second kappa shape index (κ2) is 6.53. The van der Waals surface area contributed by atoms with Gasteiger partial charge in [0.15, 0.2) is 0 Å². The van der Waals surface area contributed by atoms with Gasteiger partial charge >= 0.3 is 0 Å². The van der Waals surface area contributed by atoms with E-state index in [1.807, 2.05) is 25.1 Å². The standard InChI is InChI=1S/C14H21ClN2O/c1-11(16)14(12-5-2-3-6-13(12)15)17-7-4-9-18-10-8-17/h2-3,5-6,11,14H,4,7-10,16H2,1H3. The van der Waals surface area contributed by atoms with E-state index in [4.69, 9.17) is 22.1 Å². The van der Waals surface area contributed by atoms with Crippen LogP contribution in [0.2, 0.25) is 5.02 Å². The van der Waals surface area contributed by atoms with Gasteiger partial charge in [-0.25, -0.2) is 0 Å². The molecule has 1 saturated heterocycles. The number of hydrogen-bond acceptors (Lipinski definition) is 3. The Morgan fingerprint density at radius 3 is 2.78 bits per heavy atom. The highest BCUT2D eigenvalue weighted by Gasteiger charge is 2.26. The molecule has 0 aromatic heterocycles. The Labute approximate surface area is 114 Å². The molecule has 4 heteroatoms. The molecule has 0 saturated carbocycles. The van der Waals surface area contributed by atoms with Crippen molar-refractivity contribution in [1.82, 2.24) is 4.90 Å². The van der Waals surface area contributed by atoms with Crippen molar-refractivity contribution >= 4 is 11.6 Å². The molecule has 0 amide bonds. The second-order valence-corrected chi connectivity index (χ2v) is 5.23. The lowest BCUT2D eigenvalue weighted by atomic mass is 9.99. The zero-order chi connectivity index (χ0) is 13.0. The van der Waals surface area contributed by atoms with Crippen LogP contribution in [0.5, 0.6) is 0 Å². The summed E-state index contributed by atoms with van der Waals surface area (Å²) in [5.74, 6) is 0. The Morgan fingerprint density at radius 2 is 2.06 bits per heavy atom. The minimum atomic E-state index is 0.0444. The normalized spacial score (nSPS) is 21.3. The lowest BCUT2D eigenvalue weighted by Crippen LogP contribution is -2.41. The van der Waals surface area contributed by atoms with Crippen LogP contribution in [-0.4, -0.2) is 37.2 Å². The Hall–Kier alpha value is -0.610. The summed E-state index contributed by atoms with van der Waals surface area (Å²) in [5.41, 5.74) is 7.30. The van der Waals surface area contributed by atoms with Gasteiger partial charge in [-0.05, 0) is 25.0 Å². The van der Waals surface area contributed by atoms with Crippen molar-refractivity contribution < 1.29 is 4.74 Å².